The summed E-state index contributed by atoms with van der Waals surface area (Å²) >= 11 is 2.91. The Labute approximate surface area is 132 Å². The molecule has 1 amide bonds. The molecule has 0 unspecified atom stereocenters. The van der Waals surface area contributed by atoms with Gasteiger partial charge < -0.3 is 19.7 Å². The van der Waals surface area contributed by atoms with Crippen molar-refractivity contribution in [2.24, 2.45) is 0 Å². The number of halogens is 3. The van der Waals surface area contributed by atoms with Crippen molar-refractivity contribution < 1.29 is 27.9 Å². The van der Waals surface area contributed by atoms with E-state index in [1.165, 1.54) is 17.6 Å². The van der Waals surface area contributed by atoms with Crippen LogP contribution < -0.4 is 5.32 Å². The molecule has 10 heteroatoms. The quantitative estimate of drug-likeness (QED) is 0.692. The molecule has 1 heterocycles. The number of nitrogens with one attached hydrogen (secondary N) is 1. The van der Waals surface area contributed by atoms with Crippen molar-refractivity contribution in [1.82, 2.24) is 9.88 Å². The highest BCUT2D eigenvalue weighted by Crippen LogP contribution is 2.60. The van der Waals surface area contributed by atoms with Crippen LogP contribution in [0.2, 0.25) is 0 Å². The van der Waals surface area contributed by atoms with E-state index in [1.807, 2.05) is 0 Å². The second-order valence-electron chi connectivity index (χ2n) is 4.65. The zero-order valence-corrected chi connectivity index (χ0v) is 13.7. The molecule has 0 fully saturated rings. The monoisotopic (exact) mass is 396 g/mol. The summed E-state index contributed by atoms with van der Waals surface area (Å²) in [6, 6.07) is 3.99. The molecule has 6 nitrogen and oxygen atoms in total. The summed E-state index contributed by atoms with van der Waals surface area (Å²) in [5.74, 6) is -0.292. The van der Waals surface area contributed by atoms with Gasteiger partial charge in [0.05, 0.1) is 12.2 Å². The van der Waals surface area contributed by atoms with Crippen molar-refractivity contribution in [1.29, 1.82) is 0 Å². The van der Waals surface area contributed by atoms with Gasteiger partial charge in [0, 0.05) is 28.5 Å². The summed E-state index contributed by atoms with van der Waals surface area (Å²) in [7, 11) is -5.67. The molecule has 0 saturated heterocycles. The lowest BCUT2D eigenvalue weighted by atomic mass is 10.1. The Hall–Kier alpha value is -1.28. The van der Waals surface area contributed by atoms with Crippen molar-refractivity contribution in [2.75, 3.05) is 0 Å². The molecule has 0 saturated carbocycles. The van der Waals surface area contributed by atoms with E-state index in [0.717, 1.165) is 6.07 Å². The number of hydrogen-bond acceptors (Lipinski definition) is 2. The first-order valence-electron chi connectivity index (χ1n) is 6.01. The number of rotatable bonds is 4. The summed E-state index contributed by atoms with van der Waals surface area (Å²) < 4.78 is 40.3. The Morgan fingerprint density at radius 1 is 1.45 bits per heavy atom. The predicted molar refractivity (Wildman–Crippen MR) is 79.4 cm³/mol. The average molecular weight is 397 g/mol. The molecule has 0 bridgehead atoms. The molecule has 3 N–H and O–H groups in total. The van der Waals surface area contributed by atoms with E-state index in [9.17, 15) is 18.1 Å². The lowest BCUT2D eigenvalue weighted by Gasteiger charge is -2.19. The van der Waals surface area contributed by atoms with E-state index in [0.29, 0.717) is 10.9 Å². The number of amides is 1. The number of alkyl halides is 2. The average Bonchev–Trinajstić information content (AvgIpc) is 2.75. The molecular weight excluding hydrogens is 385 g/mol. The molecule has 0 aliphatic carbocycles. The van der Waals surface area contributed by atoms with E-state index < -0.39 is 18.8 Å². The number of carbonyl (C=O) groups is 1. The SMILES string of the molecule is CC(=O)NCn1ccc2cc(Br)c(C(F)(F)P(=O)(O)O)cc21. The fraction of sp³-hybridized carbons (Fsp3) is 0.250. The summed E-state index contributed by atoms with van der Waals surface area (Å²) in [5, 5.41) is 3.10. The van der Waals surface area contributed by atoms with E-state index in [1.54, 1.807) is 12.3 Å². The maximum Gasteiger partial charge on any atom is 0.399 e. The van der Waals surface area contributed by atoms with Crippen LogP contribution in [0.25, 0.3) is 10.9 Å². The number of carbonyl (C=O) groups excluding carboxylic acids is 1. The highest BCUT2D eigenvalue weighted by Gasteiger charge is 2.51. The maximum absolute atomic E-state index is 13.9. The van der Waals surface area contributed by atoms with Gasteiger partial charge in [-0.1, -0.05) is 15.9 Å². The molecule has 1 aromatic heterocycles. The van der Waals surface area contributed by atoms with Crippen LogP contribution in [0.4, 0.5) is 8.78 Å². The Balaban J connectivity index is 2.57. The van der Waals surface area contributed by atoms with E-state index in [4.69, 9.17) is 9.79 Å². The van der Waals surface area contributed by atoms with Gasteiger partial charge in [-0.15, -0.1) is 0 Å². The topological polar surface area (TPSA) is 91.6 Å². The normalized spacial score (nSPS) is 12.6. The van der Waals surface area contributed by atoms with Gasteiger partial charge in [0.15, 0.2) is 0 Å². The third-order valence-corrected chi connectivity index (χ3v) is 4.68. The van der Waals surface area contributed by atoms with Crippen molar-refractivity contribution in [3.8, 4) is 0 Å². The van der Waals surface area contributed by atoms with Crippen molar-refractivity contribution in [3.63, 3.8) is 0 Å². The lowest BCUT2D eigenvalue weighted by Crippen LogP contribution is -2.22. The Morgan fingerprint density at radius 2 is 2.09 bits per heavy atom. The minimum absolute atomic E-state index is 0.0569. The van der Waals surface area contributed by atoms with Gasteiger partial charge in [-0.05, 0) is 18.2 Å². The van der Waals surface area contributed by atoms with Crippen LogP contribution in [0.5, 0.6) is 0 Å². The smallest absolute Gasteiger partial charge is 0.338 e. The molecule has 1 aromatic carbocycles. The number of fused-ring (bicyclic) bond motifs is 1. The molecular formula is C12H12BrF2N2O4P. The van der Waals surface area contributed by atoms with E-state index in [-0.39, 0.29) is 17.0 Å². The minimum atomic E-state index is -5.67. The van der Waals surface area contributed by atoms with Crippen LogP contribution >= 0.6 is 23.5 Å². The highest BCUT2D eigenvalue weighted by atomic mass is 79.9. The van der Waals surface area contributed by atoms with Crippen LogP contribution in [0.15, 0.2) is 28.9 Å². The molecule has 0 aliphatic heterocycles. The molecule has 0 aliphatic rings. The largest absolute Gasteiger partial charge is 0.399 e. The van der Waals surface area contributed by atoms with Gasteiger partial charge in [-0.2, -0.15) is 8.78 Å². The predicted octanol–water partition coefficient (Wildman–Crippen LogP) is 2.72. The first-order chi connectivity index (χ1) is 10.0. The lowest BCUT2D eigenvalue weighted by molar-refractivity contribution is -0.119. The minimum Gasteiger partial charge on any atom is -0.338 e. The van der Waals surface area contributed by atoms with Gasteiger partial charge in [-0.3, -0.25) is 9.36 Å². The van der Waals surface area contributed by atoms with Crippen molar-refractivity contribution in [2.45, 2.75) is 19.3 Å². The molecule has 0 atom stereocenters. The second kappa shape index (κ2) is 5.73. The first-order valence-corrected chi connectivity index (χ1v) is 8.41. The standard InChI is InChI=1S/C12H12BrF2N2O4P/c1-7(18)16-6-17-3-2-8-4-10(13)9(5-11(8)17)12(14,15)22(19,20)21/h2-5H,6H2,1H3,(H,16,18)(H2,19,20,21). The second-order valence-corrected chi connectivity index (χ2v) is 7.16. The molecule has 2 aromatic rings. The van der Waals surface area contributed by atoms with Crippen LogP contribution in [0, 0.1) is 0 Å². The summed E-state index contributed by atoms with van der Waals surface area (Å²) in [6.45, 7) is 1.37. The Kier molecular flexibility index (Phi) is 4.45. The number of aromatic nitrogens is 1. The molecule has 2 rings (SSSR count). The van der Waals surface area contributed by atoms with E-state index in [2.05, 4.69) is 21.2 Å². The fourth-order valence-corrected chi connectivity index (χ4v) is 3.19. The summed E-state index contributed by atoms with van der Waals surface area (Å²) in [4.78, 5) is 28.7. The fourth-order valence-electron chi connectivity index (χ4n) is 1.93. The Bertz CT molecular complexity index is 787. The number of benzene rings is 1. The first kappa shape index (κ1) is 17.1. The van der Waals surface area contributed by atoms with Crippen molar-refractivity contribution in [3.05, 3.63) is 34.4 Å². The molecule has 0 spiro atoms. The van der Waals surface area contributed by atoms with Crippen LogP contribution in [-0.2, 0) is 21.7 Å². The van der Waals surface area contributed by atoms with Gasteiger partial charge in [0.2, 0.25) is 5.91 Å². The van der Waals surface area contributed by atoms with Gasteiger partial charge >= 0.3 is 13.3 Å². The molecule has 22 heavy (non-hydrogen) atoms. The summed E-state index contributed by atoms with van der Waals surface area (Å²) in [5.41, 5.74) is -4.81. The van der Waals surface area contributed by atoms with Gasteiger partial charge in [0.1, 0.15) is 0 Å². The van der Waals surface area contributed by atoms with Crippen LogP contribution in [0.3, 0.4) is 0 Å². The van der Waals surface area contributed by atoms with Gasteiger partial charge in [-0.25, -0.2) is 0 Å². The van der Waals surface area contributed by atoms with Crippen LogP contribution in [0.1, 0.15) is 12.5 Å². The van der Waals surface area contributed by atoms with E-state index >= 15 is 0 Å². The maximum atomic E-state index is 13.9. The zero-order valence-electron chi connectivity index (χ0n) is 11.3. The number of nitrogens with zero attached hydrogens (tertiary/aromatic N) is 1. The molecule has 0 radical (unpaired) electrons. The van der Waals surface area contributed by atoms with Crippen molar-refractivity contribution >= 4 is 40.3 Å². The summed E-state index contributed by atoms with van der Waals surface area (Å²) in [6.07, 6.45) is 1.58. The molecule has 120 valence electrons. The highest BCUT2D eigenvalue weighted by molar-refractivity contribution is 9.10. The van der Waals surface area contributed by atoms with Gasteiger partial charge in [0.25, 0.3) is 0 Å². The Morgan fingerprint density at radius 3 is 2.64 bits per heavy atom. The zero-order chi connectivity index (χ0) is 16.7. The third-order valence-electron chi connectivity index (χ3n) is 3.05. The third kappa shape index (κ3) is 3.08. The van der Waals surface area contributed by atoms with Crippen LogP contribution in [-0.4, -0.2) is 20.3 Å². The number of hydrogen-bond donors (Lipinski definition) is 3.